The highest BCUT2D eigenvalue weighted by atomic mass is 28.2. The van der Waals surface area contributed by atoms with Gasteiger partial charge in [-0.1, -0.05) is 69.8 Å². The molecule has 11 heteroatoms. The minimum atomic E-state index is -0.399. The van der Waals surface area contributed by atoms with E-state index in [0.29, 0.717) is 49.5 Å². The third-order valence-corrected chi connectivity index (χ3v) is 11.6. The summed E-state index contributed by atoms with van der Waals surface area (Å²) in [6.45, 7) is 10.7. The highest BCUT2D eigenvalue weighted by Gasteiger charge is 2.16. The minimum absolute atomic E-state index is 0.301. The Kier molecular flexibility index (Phi) is 13.2. The van der Waals surface area contributed by atoms with E-state index >= 15 is 0 Å². The summed E-state index contributed by atoms with van der Waals surface area (Å²) in [4.78, 5) is 18.6. The number of nitrogens with zero attached hydrogens (tertiary/aromatic N) is 4. The molecule has 0 fully saturated rings. The average Bonchev–Trinajstić information content (AvgIpc) is 3.54. The SMILES string of the molecule is COC(=O)c1ccc(Oc2cc(N(COCC[SiH2]Cc3cc(C)cc(C)c3)COCC[SiH2]Cc3cc(C)cc(C)c3)n3nccc3n2)cc1. The quantitative estimate of drug-likeness (QED) is 0.0487. The number of ether oxygens (including phenoxy) is 4. The number of carbonyl (C=O) groups excluding carboxylic acids is 1. The van der Waals surface area contributed by atoms with Crippen LogP contribution in [-0.2, 0) is 26.3 Å². The van der Waals surface area contributed by atoms with Crippen molar-refractivity contribution in [2.24, 2.45) is 0 Å². The number of hydrogen-bond donors (Lipinski definition) is 0. The Balaban J connectivity index is 1.23. The number of hydrogen-bond acceptors (Lipinski definition) is 8. The maximum atomic E-state index is 11.9. The van der Waals surface area contributed by atoms with Gasteiger partial charge in [0.1, 0.15) is 25.0 Å². The summed E-state index contributed by atoms with van der Waals surface area (Å²) < 4.78 is 25.3. The molecule has 0 unspecified atom stereocenters. The van der Waals surface area contributed by atoms with Crippen LogP contribution in [0, 0.1) is 27.7 Å². The first-order chi connectivity index (χ1) is 23.8. The maximum Gasteiger partial charge on any atom is 0.337 e. The molecule has 2 heterocycles. The predicted octanol–water partition coefficient (Wildman–Crippen LogP) is 5.87. The molecular formula is C38H48N4O5Si2. The van der Waals surface area contributed by atoms with Crippen LogP contribution in [0.2, 0.25) is 12.1 Å². The summed E-state index contributed by atoms with van der Waals surface area (Å²) in [6, 6.07) is 28.7. The Morgan fingerprint density at radius 2 is 1.31 bits per heavy atom. The molecule has 0 amide bonds. The molecule has 49 heavy (non-hydrogen) atoms. The van der Waals surface area contributed by atoms with Gasteiger partial charge < -0.3 is 23.8 Å². The van der Waals surface area contributed by atoms with Gasteiger partial charge in [0, 0.05) is 44.4 Å². The van der Waals surface area contributed by atoms with Gasteiger partial charge in [-0.15, -0.1) is 0 Å². The average molecular weight is 697 g/mol. The Hall–Kier alpha value is -4.30. The van der Waals surface area contributed by atoms with Gasteiger partial charge in [-0.25, -0.2) is 4.79 Å². The summed E-state index contributed by atoms with van der Waals surface area (Å²) >= 11 is 0. The van der Waals surface area contributed by atoms with E-state index in [1.165, 1.54) is 52.6 Å². The molecule has 0 saturated heterocycles. The second-order valence-corrected chi connectivity index (χ2v) is 16.5. The lowest BCUT2D eigenvalue weighted by Gasteiger charge is -2.25. The maximum absolute atomic E-state index is 11.9. The van der Waals surface area contributed by atoms with E-state index in [-0.39, 0.29) is 19.0 Å². The van der Waals surface area contributed by atoms with E-state index in [2.05, 4.69) is 74.2 Å². The number of benzene rings is 3. The van der Waals surface area contributed by atoms with Crippen LogP contribution in [-0.4, -0.2) is 73.4 Å². The number of esters is 1. The fraction of sp³-hybridized carbons (Fsp3) is 0.342. The zero-order chi connectivity index (χ0) is 34.6. The van der Waals surface area contributed by atoms with E-state index < -0.39 is 5.97 Å². The monoisotopic (exact) mass is 696 g/mol. The summed E-state index contributed by atoms with van der Waals surface area (Å²) in [7, 11) is 0.759. The van der Waals surface area contributed by atoms with E-state index in [4.69, 9.17) is 18.9 Å². The van der Waals surface area contributed by atoms with Crippen molar-refractivity contribution in [1.82, 2.24) is 14.6 Å². The molecule has 0 atom stereocenters. The molecule has 0 bridgehead atoms. The smallest absolute Gasteiger partial charge is 0.337 e. The largest absolute Gasteiger partial charge is 0.465 e. The number of anilines is 1. The van der Waals surface area contributed by atoms with Crippen molar-refractivity contribution in [3.05, 3.63) is 118 Å². The number of methoxy groups -OCH3 is 1. The van der Waals surface area contributed by atoms with Crippen molar-refractivity contribution in [2.75, 3.05) is 38.7 Å². The van der Waals surface area contributed by atoms with Gasteiger partial charge in [0.25, 0.3) is 0 Å². The Morgan fingerprint density at radius 1 is 0.755 bits per heavy atom. The molecule has 0 aliphatic rings. The summed E-state index contributed by atoms with van der Waals surface area (Å²) in [5.41, 5.74) is 9.27. The molecule has 258 valence electrons. The van der Waals surface area contributed by atoms with E-state index in [0.717, 1.165) is 17.9 Å². The van der Waals surface area contributed by atoms with Crippen molar-refractivity contribution in [1.29, 1.82) is 0 Å². The first kappa shape index (κ1) is 36.0. The summed E-state index contributed by atoms with van der Waals surface area (Å²) in [5.74, 6) is 1.32. The fourth-order valence-corrected chi connectivity index (χ4v) is 8.77. The summed E-state index contributed by atoms with van der Waals surface area (Å²) in [6.07, 6.45) is 1.72. The van der Waals surface area contributed by atoms with Gasteiger partial charge in [0.2, 0.25) is 5.88 Å². The lowest BCUT2D eigenvalue weighted by Crippen LogP contribution is -2.31. The van der Waals surface area contributed by atoms with Crippen LogP contribution in [0.1, 0.15) is 43.7 Å². The molecule has 0 radical (unpaired) electrons. The zero-order valence-electron chi connectivity index (χ0n) is 29.4. The number of rotatable bonds is 18. The van der Waals surface area contributed by atoms with Gasteiger partial charge in [-0.2, -0.15) is 14.6 Å². The first-order valence-electron chi connectivity index (χ1n) is 17.0. The summed E-state index contributed by atoms with van der Waals surface area (Å²) in [5, 5.41) is 4.55. The Bertz CT molecular complexity index is 1730. The van der Waals surface area contributed by atoms with E-state index in [1.54, 1.807) is 35.0 Å². The zero-order valence-corrected chi connectivity index (χ0v) is 32.2. The molecule has 5 rings (SSSR count). The normalized spacial score (nSPS) is 11.7. The number of carbonyl (C=O) groups is 1. The highest BCUT2D eigenvalue weighted by Crippen LogP contribution is 2.26. The Morgan fingerprint density at radius 3 is 1.84 bits per heavy atom. The van der Waals surface area contributed by atoms with Gasteiger partial charge >= 0.3 is 5.97 Å². The molecule has 0 saturated carbocycles. The lowest BCUT2D eigenvalue weighted by atomic mass is 10.1. The standard InChI is InChI=1S/C38H48N4O5Si2/c1-27-16-28(2)19-31(18-27)23-48-14-12-45-25-41(26-46-13-15-49-24-32-20-29(3)17-30(4)21-32)37-22-36(40-35-10-11-39-42(35)37)47-34-8-6-33(7-9-34)38(43)44-5/h6-11,16-22H,12-15,23-26,48-49H2,1-5H3. The molecule has 2 aromatic heterocycles. The van der Waals surface area contributed by atoms with Crippen LogP contribution in [0.3, 0.4) is 0 Å². The van der Waals surface area contributed by atoms with E-state index in [9.17, 15) is 4.79 Å². The molecule has 9 nitrogen and oxygen atoms in total. The molecule has 0 N–H and O–H groups in total. The lowest BCUT2D eigenvalue weighted by molar-refractivity contribution is 0.0600. The third-order valence-electron chi connectivity index (χ3n) is 8.20. The third kappa shape index (κ3) is 10.8. The van der Waals surface area contributed by atoms with Crippen molar-refractivity contribution in [2.45, 2.75) is 51.9 Å². The van der Waals surface area contributed by atoms with E-state index in [1.807, 2.05) is 17.0 Å². The van der Waals surface area contributed by atoms with Gasteiger partial charge in [0.15, 0.2) is 5.65 Å². The van der Waals surface area contributed by atoms with Crippen molar-refractivity contribution < 1.29 is 23.7 Å². The van der Waals surface area contributed by atoms with Crippen LogP contribution in [0.4, 0.5) is 5.82 Å². The number of aromatic nitrogens is 3. The molecule has 3 aromatic carbocycles. The second-order valence-electron chi connectivity index (χ2n) is 12.7. The van der Waals surface area contributed by atoms with Crippen LogP contribution in [0.15, 0.2) is 79.0 Å². The van der Waals surface area contributed by atoms with Gasteiger partial charge in [-0.05, 0) is 76.1 Å². The molecule has 0 spiro atoms. The second kappa shape index (κ2) is 17.9. The molecular weight excluding hydrogens is 649 g/mol. The van der Waals surface area contributed by atoms with Crippen molar-refractivity contribution >= 4 is 36.5 Å². The van der Waals surface area contributed by atoms with Crippen molar-refractivity contribution in [3.8, 4) is 11.6 Å². The molecule has 0 aliphatic heterocycles. The Labute approximate surface area is 294 Å². The number of aryl methyl sites for hydroxylation is 4. The van der Waals surface area contributed by atoms with Gasteiger partial charge in [-0.3, -0.25) is 0 Å². The topological polar surface area (TPSA) is 87.4 Å². The fourth-order valence-electron chi connectivity index (χ4n) is 6.06. The van der Waals surface area contributed by atoms with Crippen LogP contribution in [0.5, 0.6) is 11.6 Å². The van der Waals surface area contributed by atoms with Gasteiger partial charge in [0.05, 0.1) is 18.9 Å². The molecule has 5 aromatic rings. The van der Waals surface area contributed by atoms with Crippen molar-refractivity contribution in [3.63, 3.8) is 0 Å². The minimum Gasteiger partial charge on any atom is -0.465 e. The first-order valence-corrected chi connectivity index (χ1v) is 21.0. The van der Waals surface area contributed by atoms with Crippen LogP contribution >= 0.6 is 0 Å². The number of fused-ring (bicyclic) bond motifs is 1. The predicted molar refractivity (Wildman–Crippen MR) is 201 cm³/mol. The van der Waals surface area contributed by atoms with Crippen LogP contribution < -0.4 is 9.64 Å². The van der Waals surface area contributed by atoms with Crippen LogP contribution in [0.25, 0.3) is 5.65 Å². The molecule has 0 aliphatic carbocycles. The highest BCUT2D eigenvalue weighted by molar-refractivity contribution is 6.35.